The van der Waals surface area contributed by atoms with E-state index in [4.69, 9.17) is 5.73 Å². The SMILES string of the molecule is CC(C)(CCN)CNCCc1cc(Br)ccc1F. The molecule has 1 rings (SSSR count). The van der Waals surface area contributed by atoms with Gasteiger partial charge in [-0.3, -0.25) is 0 Å². The van der Waals surface area contributed by atoms with Crippen molar-refractivity contribution in [2.24, 2.45) is 11.1 Å². The lowest BCUT2D eigenvalue weighted by Crippen LogP contribution is -2.32. The van der Waals surface area contributed by atoms with Crippen molar-refractivity contribution in [3.8, 4) is 0 Å². The Kier molecular flexibility index (Phi) is 6.26. The normalized spacial score (nSPS) is 11.8. The van der Waals surface area contributed by atoms with Crippen molar-refractivity contribution < 1.29 is 4.39 Å². The van der Waals surface area contributed by atoms with Gasteiger partial charge in [-0.1, -0.05) is 29.8 Å². The smallest absolute Gasteiger partial charge is 0.126 e. The van der Waals surface area contributed by atoms with Gasteiger partial charge in [-0.05, 0) is 55.1 Å². The van der Waals surface area contributed by atoms with E-state index in [0.717, 1.165) is 29.5 Å². The van der Waals surface area contributed by atoms with Gasteiger partial charge in [0.15, 0.2) is 0 Å². The number of rotatable bonds is 7. The Bertz CT molecular complexity index is 380. The van der Waals surface area contributed by atoms with Crippen LogP contribution >= 0.6 is 15.9 Å². The van der Waals surface area contributed by atoms with Gasteiger partial charge in [0.25, 0.3) is 0 Å². The number of benzene rings is 1. The molecule has 4 heteroatoms. The zero-order valence-corrected chi connectivity index (χ0v) is 12.7. The van der Waals surface area contributed by atoms with Crippen molar-refractivity contribution in [1.82, 2.24) is 5.32 Å². The third kappa shape index (κ3) is 5.46. The lowest BCUT2D eigenvalue weighted by molar-refractivity contribution is 0.320. The minimum Gasteiger partial charge on any atom is -0.330 e. The van der Waals surface area contributed by atoms with Gasteiger partial charge in [-0.2, -0.15) is 0 Å². The van der Waals surface area contributed by atoms with Crippen molar-refractivity contribution in [3.63, 3.8) is 0 Å². The molecule has 0 bridgehead atoms. The Morgan fingerprint density at radius 1 is 1.39 bits per heavy atom. The van der Waals surface area contributed by atoms with Gasteiger partial charge in [0.1, 0.15) is 5.82 Å². The number of hydrogen-bond acceptors (Lipinski definition) is 2. The minimum atomic E-state index is -0.138. The molecule has 0 fully saturated rings. The molecule has 18 heavy (non-hydrogen) atoms. The second kappa shape index (κ2) is 7.22. The van der Waals surface area contributed by atoms with E-state index >= 15 is 0 Å². The summed E-state index contributed by atoms with van der Waals surface area (Å²) in [6.45, 7) is 6.76. The van der Waals surface area contributed by atoms with Gasteiger partial charge in [0.05, 0.1) is 0 Å². The molecule has 0 radical (unpaired) electrons. The van der Waals surface area contributed by atoms with Crippen LogP contribution in [0.3, 0.4) is 0 Å². The van der Waals surface area contributed by atoms with Crippen LogP contribution in [0.25, 0.3) is 0 Å². The molecular formula is C14H22BrFN2. The van der Waals surface area contributed by atoms with Crippen LogP contribution in [-0.2, 0) is 6.42 Å². The highest BCUT2D eigenvalue weighted by Gasteiger charge is 2.15. The van der Waals surface area contributed by atoms with Gasteiger partial charge in [0, 0.05) is 11.0 Å². The summed E-state index contributed by atoms with van der Waals surface area (Å²) in [5, 5.41) is 3.37. The fraction of sp³-hybridized carbons (Fsp3) is 0.571. The summed E-state index contributed by atoms with van der Waals surface area (Å²) in [5.74, 6) is -0.138. The first kappa shape index (κ1) is 15.6. The summed E-state index contributed by atoms with van der Waals surface area (Å²) in [4.78, 5) is 0. The first-order chi connectivity index (χ1) is 8.44. The molecule has 0 spiro atoms. The Morgan fingerprint density at radius 3 is 2.78 bits per heavy atom. The van der Waals surface area contributed by atoms with Crippen molar-refractivity contribution in [3.05, 3.63) is 34.1 Å². The van der Waals surface area contributed by atoms with E-state index in [2.05, 4.69) is 35.1 Å². The third-order valence-corrected chi connectivity index (χ3v) is 3.50. The van der Waals surface area contributed by atoms with Crippen molar-refractivity contribution in [2.75, 3.05) is 19.6 Å². The predicted octanol–water partition coefficient (Wildman–Crippen LogP) is 3.10. The van der Waals surface area contributed by atoms with Crippen LogP contribution in [0.15, 0.2) is 22.7 Å². The molecule has 0 aliphatic carbocycles. The summed E-state index contributed by atoms with van der Waals surface area (Å²) in [7, 11) is 0. The van der Waals surface area contributed by atoms with Crippen LogP contribution in [0.2, 0.25) is 0 Å². The molecule has 0 aromatic heterocycles. The number of nitrogens with one attached hydrogen (secondary N) is 1. The average Bonchev–Trinajstić information content (AvgIpc) is 2.29. The molecular weight excluding hydrogens is 295 g/mol. The third-order valence-electron chi connectivity index (χ3n) is 3.00. The fourth-order valence-electron chi connectivity index (χ4n) is 1.86. The monoisotopic (exact) mass is 316 g/mol. The summed E-state index contributed by atoms with van der Waals surface area (Å²) in [6, 6.07) is 5.05. The van der Waals surface area contributed by atoms with Gasteiger partial charge in [-0.25, -0.2) is 4.39 Å². The number of nitrogens with two attached hydrogens (primary N) is 1. The molecule has 0 heterocycles. The van der Waals surface area contributed by atoms with Gasteiger partial charge >= 0.3 is 0 Å². The molecule has 0 unspecified atom stereocenters. The molecule has 0 atom stereocenters. The lowest BCUT2D eigenvalue weighted by Gasteiger charge is -2.24. The number of halogens is 2. The van der Waals surface area contributed by atoms with Gasteiger partial charge < -0.3 is 11.1 Å². The van der Waals surface area contributed by atoms with E-state index < -0.39 is 0 Å². The van der Waals surface area contributed by atoms with E-state index in [1.54, 1.807) is 6.07 Å². The van der Waals surface area contributed by atoms with E-state index in [-0.39, 0.29) is 11.2 Å². The molecule has 0 saturated heterocycles. The Labute approximate surface area is 117 Å². The molecule has 1 aromatic rings. The molecule has 102 valence electrons. The Balaban J connectivity index is 2.36. The summed E-state index contributed by atoms with van der Waals surface area (Å²) >= 11 is 3.36. The maximum atomic E-state index is 13.5. The summed E-state index contributed by atoms with van der Waals surface area (Å²) < 4.78 is 14.4. The highest BCUT2D eigenvalue weighted by molar-refractivity contribution is 9.10. The van der Waals surface area contributed by atoms with Crippen LogP contribution in [0, 0.1) is 11.2 Å². The fourth-order valence-corrected chi connectivity index (χ4v) is 2.27. The Hall–Kier alpha value is -0.450. The first-order valence-electron chi connectivity index (χ1n) is 6.29. The standard InChI is InChI=1S/C14H22BrFN2/c1-14(2,6-7-17)10-18-8-5-11-9-12(15)3-4-13(11)16/h3-4,9,18H,5-8,10,17H2,1-2H3. The molecule has 0 aliphatic rings. The first-order valence-corrected chi connectivity index (χ1v) is 7.09. The van der Waals surface area contributed by atoms with E-state index in [9.17, 15) is 4.39 Å². The largest absolute Gasteiger partial charge is 0.330 e. The topological polar surface area (TPSA) is 38.0 Å². The van der Waals surface area contributed by atoms with Crippen LogP contribution in [0.1, 0.15) is 25.8 Å². The lowest BCUT2D eigenvalue weighted by atomic mass is 9.89. The van der Waals surface area contributed by atoms with Crippen LogP contribution < -0.4 is 11.1 Å². The van der Waals surface area contributed by atoms with E-state index in [1.807, 2.05) is 6.07 Å². The van der Waals surface area contributed by atoms with Crippen LogP contribution in [0.5, 0.6) is 0 Å². The van der Waals surface area contributed by atoms with Crippen molar-refractivity contribution in [1.29, 1.82) is 0 Å². The highest BCUT2D eigenvalue weighted by atomic mass is 79.9. The van der Waals surface area contributed by atoms with Crippen LogP contribution in [0.4, 0.5) is 4.39 Å². The summed E-state index contributed by atoms with van der Waals surface area (Å²) in [6.07, 6.45) is 1.69. The summed E-state index contributed by atoms with van der Waals surface area (Å²) in [5.41, 5.74) is 6.51. The Morgan fingerprint density at radius 2 is 2.11 bits per heavy atom. The zero-order chi connectivity index (χ0) is 13.6. The average molecular weight is 317 g/mol. The quantitative estimate of drug-likeness (QED) is 0.759. The molecule has 0 amide bonds. The highest BCUT2D eigenvalue weighted by Crippen LogP contribution is 2.18. The molecule has 0 saturated carbocycles. The zero-order valence-electron chi connectivity index (χ0n) is 11.1. The molecule has 0 aliphatic heterocycles. The second-order valence-electron chi connectivity index (χ2n) is 5.37. The molecule has 2 nitrogen and oxygen atoms in total. The van der Waals surface area contributed by atoms with Gasteiger partial charge in [0.2, 0.25) is 0 Å². The number of hydrogen-bond donors (Lipinski definition) is 2. The van der Waals surface area contributed by atoms with Crippen molar-refractivity contribution >= 4 is 15.9 Å². The molecule has 3 N–H and O–H groups in total. The van der Waals surface area contributed by atoms with Crippen LogP contribution in [-0.4, -0.2) is 19.6 Å². The maximum absolute atomic E-state index is 13.5. The van der Waals surface area contributed by atoms with Crippen molar-refractivity contribution in [2.45, 2.75) is 26.7 Å². The second-order valence-corrected chi connectivity index (χ2v) is 6.28. The minimum absolute atomic E-state index is 0.138. The van der Waals surface area contributed by atoms with E-state index in [0.29, 0.717) is 13.0 Å². The van der Waals surface area contributed by atoms with Gasteiger partial charge in [-0.15, -0.1) is 0 Å². The molecule has 1 aromatic carbocycles. The van der Waals surface area contributed by atoms with E-state index in [1.165, 1.54) is 6.07 Å². The predicted molar refractivity (Wildman–Crippen MR) is 78.1 cm³/mol. The maximum Gasteiger partial charge on any atom is 0.126 e.